The molecule has 8 heteroatoms. The quantitative estimate of drug-likeness (QED) is 0.557. The Hall–Kier alpha value is -2.87. The van der Waals surface area contributed by atoms with Gasteiger partial charge in [0.2, 0.25) is 21.8 Å². The number of rotatable bonds is 10. The maximum Gasteiger partial charge on any atom is 0.244 e. The molecule has 0 aliphatic carbocycles. The van der Waals surface area contributed by atoms with Crippen LogP contribution < -0.4 is 9.62 Å². The highest BCUT2D eigenvalue weighted by Crippen LogP contribution is 2.26. The molecule has 2 aromatic carbocycles. The van der Waals surface area contributed by atoms with Crippen molar-refractivity contribution in [2.75, 3.05) is 30.7 Å². The van der Waals surface area contributed by atoms with E-state index >= 15 is 0 Å². The van der Waals surface area contributed by atoms with Crippen molar-refractivity contribution in [3.05, 3.63) is 65.7 Å². The van der Waals surface area contributed by atoms with E-state index in [2.05, 4.69) is 26.1 Å². The first-order valence-electron chi connectivity index (χ1n) is 11.5. The highest BCUT2D eigenvalue weighted by Gasteiger charge is 2.31. The van der Waals surface area contributed by atoms with Crippen LogP contribution in [0.5, 0.6) is 0 Å². The first-order chi connectivity index (χ1) is 15.9. The molecule has 0 aliphatic rings. The number of benzene rings is 2. The van der Waals surface area contributed by atoms with Crippen LogP contribution >= 0.6 is 0 Å². The van der Waals surface area contributed by atoms with E-state index in [1.165, 1.54) is 11.9 Å². The minimum atomic E-state index is -3.73. The minimum Gasteiger partial charge on any atom is -0.357 e. The van der Waals surface area contributed by atoms with Gasteiger partial charge in [0, 0.05) is 13.6 Å². The van der Waals surface area contributed by atoms with Crippen LogP contribution in [0, 0.1) is 0 Å². The fourth-order valence-electron chi connectivity index (χ4n) is 3.80. The Kier molecular flexibility index (Phi) is 9.27. The van der Waals surface area contributed by atoms with E-state index in [9.17, 15) is 18.0 Å². The molecular formula is C26H37N3O4S. The van der Waals surface area contributed by atoms with E-state index in [0.717, 1.165) is 21.7 Å². The number of nitrogens with one attached hydrogen (secondary N) is 1. The molecule has 1 N–H and O–H groups in total. The van der Waals surface area contributed by atoms with Crippen molar-refractivity contribution in [1.29, 1.82) is 0 Å². The molecular weight excluding hydrogens is 450 g/mol. The predicted molar refractivity (Wildman–Crippen MR) is 137 cm³/mol. The Morgan fingerprint density at radius 3 is 2.06 bits per heavy atom. The molecule has 7 nitrogen and oxygen atoms in total. The number of hydrogen-bond acceptors (Lipinski definition) is 4. The second-order valence-corrected chi connectivity index (χ2v) is 11.3. The zero-order valence-corrected chi connectivity index (χ0v) is 21.9. The fourth-order valence-corrected chi connectivity index (χ4v) is 4.65. The Morgan fingerprint density at radius 1 is 1.00 bits per heavy atom. The summed E-state index contributed by atoms with van der Waals surface area (Å²) in [5.41, 5.74) is 2.43. The standard InChI is InChI=1S/C26H37N3O4S/c1-7-23(25(31)27-5)28(18-17-20-11-9-8-10-12-20)24(30)19-29(34(6,32)33)22-15-13-21(14-16-22)26(2,3)4/h8-16,23H,7,17-19H2,1-6H3,(H,27,31)/t23-/m0/s1. The topological polar surface area (TPSA) is 86.8 Å². The van der Waals surface area contributed by atoms with Crippen molar-refractivity contribution in [2.24, 2.45) is 0 Å². The average molecular weight is 488 g/mol. The molecule has 0 radical (unpaired) electrons. The zero-order valence-electron chi connectivity index (χ0n) is 21.0. The lowest BCUT2D eigenvalue weighted by atomic mass is 9.87. The summed E-state index contributed by atoms with van der Waals surface area (Å²) in [4.78, 5) is 27.5. The van der Waals surface area contributed by atoms with Gasteiger partial charge in [0.1, 0.15) is 12.6 Å². The average Bonchev–Trinajstić information content (AvgIpc) is 2.79. The largest absolute Gasteiger partial charge is 0.357 e. The number of nitrogens with zero attached hydrogens (tertiary/aromatic N) is 2. The molecule has 1 atom stereocenters. The van der Waals surface area contributed by atoms with Crippen molar-refractivity contribution in [1.82, 2.24) is 10.2 Å². The zero-order chi connectivity index (χ0) is 25.5. The Balaban J connectivity index is 2.35. The summed E-state index contributed by atoms with van der Waals surface area (Å²) in [6, 6.07) is 16.2. The van der Waals surface area contributed by atoms with E-state index in [4.69, 9.17) is 0 Å². The first kappa shape index (κ1) is 27.4. The van der Waals surface area contributed by atoms with E-state index in [0.29, 0.717) is 25.1 Å². The number of sulfonamides is 1. The van der Waals surface area contributed by atoms with Gasteiger partial charge >= 0.3 is 0 Å². The molecule has 0 aliphatic heterocycles. The fraction of sp³-hybridized carbons (Fsp3) is 0.462. The van der Waals surface area contributed by atoms with Gasteiger partial charge in [-0.25, -0.2) is 8.42 Å². The molecule has 0 heterocycles. The van der Waals surface area contributed by atoms with Gasteiger partial charge < -0.3 is 10.2 Å². The lowest BCUT2D eigenvalue weighted by Gasteiger charge is -2.32. The van der Waals surface area contributed by atoms with Gasteiger partial charge in [0.15, 0.2) is 0 Å². The molecule has 0 bridgehead atoms. The Labute approximate surface area is 204 Å². The molecule has 0 unspecified atom stereocenters. The van der Waals surface area contributed by atoms with Crippen molar-refractivity contribution >= 4 is 27.5 Å². The van der Waals surface area contributed by atoms with Gasteiger partial charge in [-0.15, -0.1) is 0 Å². The van der Waals surface area contributed by atoms with Gasteiger partial charge in [0.05, 0.1) is 11.9 Å². The van der Waals surface area contributed by atoms with Gasteiger partial charge in [-0.2, -0.15) is 0 Å². The maximum absolute atomic E-state index is 13.5. The first-order valence-corrected chi connectivity index (χ1v) is 13.4. The van der Waals surface area contributed by atoms with Crippen LogP contribution in [-0.4, -0.2) is 57.6 Å². The molecule has 2 rings (SSSR count). The Morgan fingerprint density at radius 2 is 1.59 bits per heavy atom. The molecule has 0 aromatic heterocycles. The molecule has 0 spiro atoms. The SMILES string of the molecule is CC[C@@H](C(=O)NC)N(CCc1ccccc1)C(=O)CN(c1ccc(C(C)(C)C)cc1)S(C)(=O)=O. The van der Waals surface area contributed by atoms with E-state index < -0.39 is 22.0 Å². The summed E-state index contributed by atoms with van der Waals surface area (Å²) in [5.74, 6) is -0.693. The molecule has 0 saturated heterocycles. The Bertz CT molecular complexity index is 1060. The van der Waals surface area contributed by atoms with Crippen LogP contribution in [0.1, 0.15) is 45.2 Å². The summed E-state index contributed by atoms with van der Waals surface area (Å²) in [7, 11) is -2.20. The van der Waals surface area contributed by atoms with Crippen LogP contribution in [0.3, 0.4) is 0 Å². The van der Waals surface area contributed by atoms with E-state index in [1.807, 2.05) is 49.4 Å². The van der Waals surface area contributed by atoms with Crippen LogP contribution in [-0.2, 0) is 31.4 Å². The third-order valence-corrected chi connectivity index (χ3v) is 6.96. The van der Waals surface area contributed by atoms with Crippen LogP contribution in [0.4, 0.5) is 5.69 Å². The number of anilines is 1. The normalized spacial score (nSPS) is 12.6. The smallest absolute Gasteiger partial charge is 0.244 e. The highest BCUT2D eigenvalue weighted by molar-refractivity contribution is 7.92. The van der Waals surface area contributed by atoms with Crippen molar-refractivity contribution < 1.29 is 18.0 Å². The number of carbonyl (C=O) groups excluding carboxylic acids is 2. The van der Waals surface area contributed by atoms with Gasteiger partial charge in [-0.3, -0.25) is 13.9 Å². The summed E-state index contributed by atoms with van der Waals surface area (Å²) < 4.78 is 26.4. The van der Waals surface area contributed by atoms with Crippen LogP contribution in [0.2, 0.25) is 0 Å². The lowest BCUT2D eigenvalue weighted by molar-refractivity contribution is -0.139. The second kappa shape index (κ2) is 11.5. The summed E-state index contributed by atoms with van der Waals surface area (Å²) in [6.07, 6.45) is 2.06. The molecule has 34 heavy (non-hydrogen) atoms. The van der Waals surface area contributed by atoms with Gasteiger partial charge in [-0.05, 0) is 41.5 Å². The third-order valence-electron chi connectivity index (χ3n) is 5.82. The highest BCUT2D eigenvalue weighted by atomic mass is 32.2. The van der Waals surface area contributed by atoms with Gasteiger partial charge in [-0.1, -0.05) is 70.2 Å². The van der Waals surface area contributed by atoms with E-state index in [-0.39, 0.29) is 17.9 Å². The van der Waals surface area contributed by atoms with Gasteiger partial charge in [0.25, 0.3) is 0 Å². The summed E-state index contributed by atoms with van der Waals surface area (Å²) in [5, 5.41) is 2.62. The predicted octanol–water partition coefficient (Wildman–Crippen LogP) is 3.35. The van der Waals surface area contributed by atoms with Crippen LogP contribution in [0.25, 0.3) is 0 Å². The van der Waals surface area contributed by atoms with E-state index in [1.54, 1.807) is 12.1 Å². The van der Waals surface area contributed by atoms with Crippen molar-refractivity contribution in [3.63, 3.8) is 0 Å². The van der Waals surface area contributed by atoms with Crippen LogP contribution in [0.15, 0.2) is 54.6 Å². The number of likely N-dealkylation sites (N-methyl/N-ethyl adjacent to an activating group) is 1. The maximum atomic E-state index is 13.5. The molecule has 0 fully saturated rings. The molecule has 186 valence electrons. The minimum absolute atomic E-state index is 0.0830. The van der Waals surface area contributed by atoms with Crippen molar-refractivity contribution in [2.45, 2.75) is 52.0 Å². The summed E-state index contributed by atoms with van der Waals surface area (Å²) in [6.45, 7) is 7.99. The monoisotopic (exact) mass is 487 g/mol. The molecule has 2 amide bonds. The summed E-state index contributed by atoms with van der Waals surface area (Å²) >= 11 is 0. The molecule has 2 aromatic rings. The number of hydrogen-bond donors (Lipinski definition) is 1. The van der Waals surface area contributed by atoms with Crippen molar-refractivity contribution in [3.8, 4) is 0 Å². The number of carbonyl (C=O) groups is 2. The molecule has 0 saturated carbocycles. The lowest BCUT2D eigenvalue weighted by Crippen LogP contribution is -2.52. The second-order valence-electron chi connectivity index (χ2n) is 9.43. The number of amides is 2. The third kappa shape index (κ3) is 7.32.